The Hall–Kier alpha value is -1.29. The number of rotatable bonds is 3. The molecule has 100 valence electrons. The Morgan fingerprint density at radius 2 is 2.32 bits per heavy atom. The number of H-pyrrole nitrogens is 1. The van der Waals surface area contributed by atoms with Crippen molar-refractivity contribution in [3.8, 4) is 10.4 Å². The summed E-state index contributed by atoms with van der Waals surface area (Å²) in [5, 5.41) is 9.52. The highest BCUT2D eigenvalue weighted by Crippen LogP contribution is 2.50. The van der Waals surface area contributed by atoms with E-state index in [9.17, 15) is 0 Å². The van der Waals surface area contributed by atoms with Crippen LogP contribution in [-0.2, 0) is 6.42 Å². The van der Waals surface area contributed by atoms with Gasteiger partial charge in [0.05, 0.1) is 5.56 Å². The van der Waals surface area contributed by atoms with Crippen LogP contribution in [0.25, 0.3) is 10.4 Å². The monoisotopic (exact) mass is 273 g/mol. The molecular weight excluding hydrogens is 254 g/mol. The number of fused-ring (bicyclic) bond motifs is 2. The van der Waals surface area contributed by atoms with Crippen molar-refractivity contribution in [1.82, 2.24) is 10.2 Å². The zero-order valence-corrected chi connectivity index (χ0v) is 11.7. The third-order valence-corrected chi connectivity index (χ3v) is 5.88. The highest BCUT2D eigenvalue weighted by Gasteiger charge is 2.39. The van der Waals surface area contributed by atoms with Crippen LogP contribution in [0.2, 0.25) is 0 Å². The van der Waals surface area contributed by atoms with Crippen molar-refractivity contribution in [2.45, 2.75) is 32.1 Å². The van der Waals surface area contributed by atoms with Gasteiger partial charge in [0.25, 0.3) is 0 Å². The van der Waals surface area contributed by atoms with Gasteiger partial charge in [-0.3, -0.25) is 5.10 Å². The summed E-state index contributed by atoms with van der Waals surface area (Å²) in [6.07, 6.45) is 6.89. The first kappa shape index (κ1) is 11.5. The van der Waals surface area contributed by atoms with E-state index >= 15 is 0 Å². The maximum Gasteiger partial charge on any atom is 0.154 e. The van der Waals surface area contributed by atoms with Crippen molar-refractivity contribution in [2.24, 2.45) is 17.8 Å². The number of nitrogens with one attached hydrogen (secondary N) is 1. The molecule has 0 saturated heterocycles. The van der Waals surface area contributed by atoms with Crippen LogP contribution in [-0.4, -0.2) is 10.2 Å². The Labute approximate surface area is 117 Å². The molecule has 4 heteroatoms. The predicted molar refractivity (Wildman–Crippen MR) is 79.0 cm³/mol. The van der Waals surface area contributed by atoms with Gasteiger partial charge in [0, 0.05) is 10.6 Å². The minimum absolute atomic E-state index is 0.653. The van der Waals surface area contributed by atoms with Gasteiger partial charge in [0.2, 0.25) is 0 Å². The molecule has 2 saturated carbocycles. The zero-order chi connectivity index (χ0) is 12.8. The number of nitrogens with zero attached hydrogens (tertiary/aromatic N) is 1. The molecule has 2 bridgehead atoms. The number of aromatic amines is 1. The molecule has 0 amide bonds. The molecule has 0 aliphatic heterocycles. The van der Waals surface area contributed by atoms with Crippen LogP contribution in [0.3, 0.4) is 0 Å². The number of hydrogen-bond donors (Lipinski definition) is 2. The Morgan fingerprint density at radius 1 is 1.37 bits per heavy atom. The topological polar surface area (TPSA) is 54.7 Å². The number of hydrogen-bond acceptors (Lipinski definition) is 3. The predicted octanol–water partition coefficient (Wildman–Crippen LogP) is 3.70. The molecule has 2 heterocycles. The highest BCUT2D eigenvalue weighted by atomic mass is 32.1. The molecule has 4 rings (SSSR count). The maximum absolute atomic E-state index is 6.05. The van der Waals surface area contributed by atoms with Crippen LogP contribution in [0.1, 0.15) is 31.4 Å². The van der Waals surface area contributed by atoms with Crippen molar-refractivity contribution >= 4 is 17.2 Å². The Bertz CT molecular complexity index is 572. The summed E-state index contributed by atoms with van der Waals surface area (Å²) in [7, 11) is 0. The number of aromatic nitrogens is 2. The molecule has 0 spiro atoms. The van der Waals surface area contributed by atoms with Gasteiger partial charge in [-0.1, -0.05) is 12.5 Å². The molecule has 0 radical (unpaired) electrons. The van der Waals surface area contributed by atoms with Crippen molar-refractivity contribution in [3.63, 3.8) is 0 Å². The Morgan fingerprint density at radius 3 is 3.00 bits per heavy atom. The van der Waals surface area contributed by atoms with Crippen LogP contribution in [0.5, 0.6) is 0 Å². The van der Waals surface area contributed by atoms with Crippen molar-refractivity contribution in [1.29, 1.82) is 0 Å². The van der Waals surface area contributed by atoms with Gasteiger partial charge in [-0.25, -0.2) is 0 Å². The second-order valence-electron chi connectivity index (χ2n) is 6.08. The SMILES string of the molecule is Nc1n[nH]c(CC2CC3CCC2C3)c1-c1cccs1. The van der Waals surface area contributed by atoms with E-state index in [2.05, 4.69) is 27.7 Å². The molecule has 3 N–H and O–H groups in total. The van der Waals surface area contributed by atoms with Gasteiger partial charge >= 0.3 is 0 Å². The van der Waals surface area contributed by atoms with Crippen molar-refractivity contribution < 1.29 is 0 Å². The Balaban J connectivity index is 1.62. The summed E-state index contributed by atoms with van der Waals surface area (Å²) in [5.74, 6) is 3.45. The molecule has 3 nitrogen and oxygen atoms in total. The van der Waals surface area contributed by atoms with Gasteiger partial charge in [-0.05, 0) is 54.9 Å². The summed E-state index contributed by atoms with van der Waals surface area (Å²) in [5.41, 5.74) is 8.45. The summed E-state index contributed by atoms with van der Waals surface area (Å²) >= 11 is 1.74. The summed E-state index contributed by atoms with van der Waals surface area (Å²) in [6.45, 7) is 0. The van der Waals surface area contributed by atoms with Gasteiger partial charge in [-0.15, -0.1) is 11.3 Å². The second kappa shape index (κ2) is 4.37. The van der Waals surface area contributed by atoms with E-state index in [1.165, 1.54) is 36.3 Å². The van der Waals surface area contributed by atoms with Crippen LogP contribution < -0.4 is 5.73 Å². The number of anilines is 1. The maximum atomic E-state index is 6.05. The first-order chi connectivity index (χ1) is 9.31. The van der Waals surface area contributed by atoms with Crippen molar-refractivity contribution in [3.05, 3.63) is 23.2 Å². The smallest absolute Gasteiger partial charge is 0.154 e. The lowest BCUT2D eigenvalue weighted by molar-refractivity contribution is 0.329. The van der Waals surface area contributed by atoms with E-state index in [1.807, 2.05) is 0 Å². The number of nitrogens with two attached hydrogens (primary N) is 1. The zero-order valence-electron chi connectivity index (χ0n) is 10.9. The third kappa shape index (κ3) is 1.89. The number of thiophene rings is 1. The lowest BCUT2D eigenvalue weighted by Gasteiger charge is -2.21. The van der Waals surface area contributed by atoms with Gasteiger partial charge in [-0.2, -0.15) is 5.10 Å². The summed E-state index contributed by atoms with van der Waals surface area (Å²) in [4.78, 5) is 1.24. The molecule has 3 atom stereocenters. The van der Waals surface area contributed by atoms with E-state index in [0.29, 0.717) is 5.82 Å². The van der Waals surface area contributed by atoms with Crippen molar-refractivity contribution in [2.75, 3.05) is 5.73 Å². The fourth-order valence-corrected chi connectivity index (χ4v) is 4.93. The standard InChI is InChI=1S/C15H19N3S/c16-15-14(13-2-1-5-19-13)12(17-18-15)8-11-7-9-3-4-10(11)6-9/h1-2,5,9-11H,3-4,6-8H2,(H3,16,17,18). The van der Waals surface area contributed by atoms with E-state index in [0.717, 1.165) is 29.7 Å². The first-order valence-corrected chi connectivity index (χ1v) is 8.06. The number of nitrogen functional groups attached to an aromatic ring is 1. The fraction of sp³-hybridized carbons (Fsp3) is 0.533. The lowest BCUT2D eigenvalue weighted by Crippen LogP contribution is -2.13. The average Bonchev–Trinajstić information content (AvgIpc) is 3.13. The normalized spacial score (nSPS) is 29.2. The molecule has 19 heavy (non-hydrogen) atoms. The van der Waals surface area contributed by atoms with E-state index in [1.54, 1.807) is 11.3 Å². The Kier molecular flexibility index (Phi) is 2.65. The average molecular weight is 273 g/mol. The minimum Gasteiger partial charge on any atom is -0.382 e. The highest BCUT2D eigenvalue weighted by molar-refractivity contribution is 7.13. The van der Waals surface area contributed by atoms with Gasteiger partial charge in [0.15, 0.2) is 5.82 Å². The molecular formula is C15H19N3S. The second-order valence-corrected chi connectivity index (χ2v) is 7.03. The van der Waals surface area contributed by atoms with Crippen LogP contribution in [0.4, 0.5) is 5.82 Å². The molecule has 0 aromatic carbocycles. The summed E-state index contributed by atoms with van der Waals surface area (Å²) in [6, 6.07) is 4.21. The lowest BCUT2D eigenvalue weighted by atomic mass is 9.85. The van der Waals surface area contributed by atoms with E-state index in [4.69, 9.17) is 5.73 Å². The quantitative estimate of drug-likeness (QED) is 0.896. The van der Waals surface area contributed by atoms with Gasteiger partial charge < -0.3 is 5.73 Å². The largest absolute Gasteiger partial charge is 0.382 e. The molecule has 2 fully saturated rings. The third-order valence-electron chi connectivity index (χ3n) is 4.99. The molecule has 3 unspecified atom stereocenters. The molecule has 2 aromatic rings. The molecule has 2 aliphatic rings. The van der Waals surface area contributed by atoms with Crippen LogP contribution in [0, 0.1) is 17.8 Å². The molecule has 2 aliphatic carbocycles. The van der Waals surface area contributed by atoms with Crippen LogP contribution >= 0.6 is 11.3 Å². The first-order valence-electron chi connectivity index (χ1n) is 7.18. The van der Waals surface area contributed by atoms with E-state index in [-0.39, 0.29) is 0 Å². The van der Waals surface area contributed by atoms with Crippen LogP contribution in [0.15, 0.2) is 17.5 Å². The van der Waals surface area contributed by atoms with E-state index < -0.39 is 0 Å². The summed E-state index contributed by atoms with van der Waals surface area (Å²) < 4.78 is 0. The molecule has 2 aromatic heterocycles. The minimum atomic E-state index is 0.653. The fourth-order valence-electron chi connectivity index (χ4n) is 4.13. The van der Waals surface area contributed by atoms with Gasteiger partial charge in [0.1, 0.15) is 0 Å².